The van der Waals surface area contributed by atoms with Gasteiger partial charge in [-0.2, -0.15) is 0 Å². The van der Waals surface area contributed by atoms with Crippen LogP contribution in [0.5, 0.6) is 0 Å². The van der Waals surface area contributed by atoms with Gasteiger partial charge in [0.2, 0.25) is 0 Å². The first-order valence-corrected chi connectivity index (χ1v) is 9.12. The maximum Gasteiger partial charge on any atom is 0.0476 e. The third kappa shape index (κ3) is 3.86. The molecule has 3 nitrogen and oxygen atoms in total. The summed E-state index contributed by atoms with van der Waals surface area (Å²) < 4.78 is 0. The maximum atomic E-state index is 3.58. The Balaban J connectivity index is 0.00000121. The van der Waals surface area contributed by atoms with Crippen molar-refractivity contribution in [3.05, 3.63) is 65.2 Å². The van der Waals surface area contributed by atoms with Crippen molar-refractivity contribution < 1.29 is 0 Å². The lowest BCUT2D eigenvalue weighted by molar-refractivity contribution is 0.143. The van der Waals surface area contributed by atoms with Gasteiger partial charge in [-0.1, -0.05) is 36.4 Å². The molecular weight excluding hydrogens is 365 g/mol. The molecule has 2 heterocycles. The Labute approximate surface area is 169 Å². The monoisotopic (exact) mass is 393 g/mol. The molecule has 2 aliphatic heterocycles. The van der Waals surface area contributed by atoms with Crippen LogP contribution in [-0.2, 0) is 0 Å². The summed E-state index contributed by atoms with van der Waals surface area (Å²) in [5, 5.41) is 3.58. The van der Waals surface area contributed by atoms with Crippen molar-refractivity contribution in [3.63, 3.8) is 0 Å². The van der Waals surface area contributed by atoms with E-state index in [0.29, 0.717) is 12.0 Å². The van der Waals surface area contributed by atoms with Gasteiger partial charge < -0.3 is 10.2 Å². The smallest absolute Gasteiger partial charge is 0.0476 e. The first kappa shape index (κ1) is 21.0. The van der Waals surface area contributed by atoms with Gasteiger partial charge in [-0.05, 0) is 35.7 Å². The molecule has 1 saturated heterocycles. The number of fused-ring (bicyclic) bond motifs is 3. The Kier molecular flexibility index (Phi) is 7.36. The number of hydrogen-bond donors (Lipinski definition) is 1. The molecule has 142 valence electrons. The number of piperazine rings is 1. The van der Waals surface area contributed by atoms with Crippen LogP contribution in [-0.4, -0.2) is 44.7 Å². The van der Waals surface area contributed by atoms with E-state index in [1.807, 2.05) is 0 Å². The summed E-state index contributed by atoms with van der Waals surface area (Å²) in [4.78, 5) is 4.99. The minimum atomic E-state index is 0. The number of nitrogens with one attached hydrogen (secondary N) is 1. The SMILES string of the molecule is CCN(C)c1ccc2c(c1)[C@H](c1ccccc1)CN1CCNC[C@@H]21.Cl.Cl. The van der Waals surface area contributed by atoms with Crippen molar-refractivity contribution in [2.45, 2.75) is 18.9 Å². The highest BCUT2D eigenvalue weighted by atomic mass is 35.5. The van der Waals surface area contributed by atoms with Crippen LogP contribution in [0.25, 0.3) is 0 Å². The molecule has 0 unspecified atom stereocenters. The molecule has 1 N–H and O–H groups in total. The Morgan fingerprint density at radius 1 is 1.08 bits per heavy atom. The van der Waals surface area contributed by atoms with Crippen LogP contribution >= 0.6 is 24.8 Å². The molecule has 0 aliphatic carbocycles. The van der Waals surface area contributed by atoms with Crippen molar-refractivity contribution in [1.29, 1.82) is 0 Å². The van der Waals surface area contributed by atoms with E-state index < -0.39 is 0 Å². The van der Waals surface area contributed by atoms with Gasteiger partial charge in [0.1, 0.15) is 0 Å². The second kappa shape index (κ2) is 9.09. The minimum absolute atomic E-state index is 0. The lowest BCUT2D eigenvalue weighted by Crippen LogP contribution is -2.50. The number of hydrogen-bond acceptors (Lipinski definition) is 3. The Morgan fingerprint density at radius 2 is 1.85 bits per heavy atom. The van der Waals surface area contributed by atoms with Crippen LogP contribution in [0.15, 0.2) is 48.5 Å². The number of anilines is 1. The molecule has 5 heteroatoms. The van der Waals surface area contributed by atoms with Crippen LogP contribution in [0.4, 0.5) is 5.69 Å². The fourth-order valence-corrected chi connectivity index (χ4v) is 4.16. The third-order valence-corrected chi connectivity index (χ3v) is 5.69. The van der Waals surface area contributed by atoms with E-state index >= 15 is 0 Å². The Bertz CT molecular complexity index is 708. The van der Waals surface area contributed by atoms with Gasteiger partial charge in [-0.25, -0.2) is 0 Å². The van der Waals surface area contributed by atoms with Crippen LogP contribution in [0, 0.1) is 0 Å². The minimum Gasteiger partial charge on any atom is -0.375 e. The predicted octanol–water partition coefficient (Wildman–Crippen LogP) is 4.08. The molecule has 0 bridgehead atoms. The number of benzene rings is 2. The highest BCUT2D eigenvalue weighted by molar-refractivity contribution is 5.85. The van der Waals surface area contributed by atoms with Crippen LogP contribution in [0.1, 0.15) is 35.6 Å². The molecule has 0 aromatic heterocycles. The maximum absolute atomic E-state index is 3.58. The molecule has 0 spiro atoms. The summed E-state index contributed by atoms with van der Waals surface area (Å²) in [5.74, 6) is 0.473. The van der Waals surface area contributed by atoms with E-state index in [1.54, 1.807) is 0 Å². The number of nitrogens with zero attached hydrogens (tertiary/aromatic N) is 2. The van der Waals surface area contributed by atoms with E-state index in [2.05, 4.69) is 77.6 Å². The normalized spacial score (nSPS) is 21.6. The second-order valence-corrected chi connectivity index (χ2v) is 7.01. The summed E-state index contributed by atoms with van der Waals surface area (Å²) in [6.45, 7) is 7.68. The van der Waals surface area contributed by atoms with Gasteiger partial charge in [-0.3, -0.25) is 4.90 Å². The molecule has 4 rings (SSSR count). The molecule has 2 atom stereocenters. The molecular formula is C21H29Cl2N3. The first-order valence-electron chi connectivity index (χ1n) is 9.12. The fraction of sp³-hybridized carbons (Fsp3) is 0.429. The molecule has 0 saturated carbocycles. The summed E-state index contributed by atoms with van der Waals surface area (Å²) in [6.07, 6.45) is 0. The topological polar surface area (TPSA) is 18.5 Å². The van der Waals surface area contributed by atoms with Gasteiger partial charge >= 0.3 is 0 Å². The number of rotatable bonds is 3. The van der Waals surface area contributed by atoms with Gasteiger partial charge in [0.05, 0.1) is 0 Å². The average molecular weight is 394 g/mol. The first-order chi connectivity index (χ1) is 11.8. The zero-order valence-corrected chi connectivity index (χ0v) is 17.2. The van der Waals surface area contributed by atoms with Gasteiger partial charge in [-0.15, -0.1) is 24.8 Å². The fourth-order valence-electron chi connectivity index (χ4n) is 4.16. The van der Waals surface area contributed by atoms with Gasteiger partial charge in [0.15, 0.2) is 0 Å². The number of halogens is 2. The molecule has 0 radical (unpaired) electrons. The van der Waals surface area contributed by atoms with Crippen molar-refractivity contribution in [2.24, 2.45) is 0 Å². The molecule has 2 aromatic rings. The summed E-state index contributed by atoms with van der Waals surface area (Å²) in [5.41, 5.74) is 5.79. The molecule has 2 aromatic carbocycles. The van der Waals surface area contributed by atoms with E-state index in [1.165, 1.54) is 22.4 Å². The summed E-state index contributed by atoms with van der Waals surface area (Å²) in [6, 6.07) is 18.6. The van der Waals surface area contributed by atoms with Crippen LogP contribution in [0.2, 0.25) is 0 Å². The van der Waals surface area contributed by atoms with E-state index in [9.17, 15) is 0 Å². The van der Waals surface area contributed by atoms with Crippen molar-refractivity contribution in [2.75, 3.05) is 44.7 Å². The zero-order chi connectivity index (χ0) is 16.5. The van der Waals surface area contributed by atoms with Crippen molar-refractivity contribution in [3.8, 4) is 0 Å². The molecule has 26 heavy (non-hydrogen) atoms. The lowest BCUT2D eigenvalue weighted by Gasteiger charge is -2.44. The zero-order valence-electron chi connectivity index (χ0n) is 15.5. The van der Waals surface area contributed by atoms with E-state index in [0.717, 1.165) is 32.7 Å². The van der Waals surface area contributed by atoms with E-state index in [4.69, 9.17) is 0 Å². The Morgan fingerprint density at radius 3 is 2.58 bits per heavy atom. The van der Waals surface area contributed by atoms with Crippen molar-refractivity contribution in [1.82, 2.24) is 10.2 Å². The van der Waals surface area contributed by atoms with Gasteiger partial charge in [0, 0.05) is 57.4 Å². The lowest BCUT2D eigenvalue weighted by atomic mass is 9.80. The predicted molar refractivity (Wildman–Crippen MR) is 115 cm³/mol. The third-order valence-electron chi connectivity index (χ3n) is 5.69. The van der Waals surface area contributed by atoms with E-state index in [-0.39, 0.29) is 24.8 Å². The second-order valence-electron chi connectivity index (χ2n) is 7.01. The van der Waals surface area contributed by atoms with Crippen LogP contribution < -0.4 is 10.2 Å². The largest absolute Gasteiger partial charge is 0.375 e. The average Bonchev–Trinajstić information content (AvgIpc) is 2.67. The van der Waals surface area contributed by atoms with Gasteiger partial charge in [0.25, 0.3) is 0 Å². The molecule has 0 amide bonds. The summed E-state index contributed by atoms with van der Waals surface area (Å²) in [7, 11) is 2.18. The van der Waals surface area contributed by atoms with Crippen LogP contribution in [0.3, 0.4) is 0 Å². The highest BCUT2D eigenvalue weighted by Gasteiger charge is 2.35. The standard InChI is InChI=1S/C21H27N3.2ClH/c1-3-23(2)17-9-10-18-19(13-17)20(16-7-5-4-6-8-16)15-24-12-11-22-14-21(18)24;;/h4-10,13,20-22H,3,11-12,14-15H2,1-2H3;2*1H/t20-,21-;;/m0../s1. The van der Waals surface area contributed by atoms with Crippen molar-refractivity contribution >= 4 is 30.5 Å². The quantitative estimate of drug-likeness (QED) is 0.847. The Hall–Kier alpha value is -1.26. The summed E-state index contributed by atoms with van der Waals surface area (Å²) >= 11 is 0. The molecule has 1 fully saturated rings. The highest BCUT2D eigenvalue weighted by Crippen LogP contribution is 2.41. The molecule has 2 aliphatic rings.